The summed E-state index contributed by atoms with van der Waals surface area (Å²) in [5, 5.41) is 0.575. The van der Waals surface area contributed by atoms with E-state index in [0.717, 1.165) is 5.56 Å². The molecule has 0 fully saturated rings. The Morgan fingerprint density at radius 3 is 2.76 bits per heavy atom. The van der Waals surface area contributed by atoms with Gasteiger partial charge < -0.3 is 9.72 Å². The lowest BCUT2D eigenvalue weighted by Gasteiger charge is -2.09. The predicted molar refractivity (Wildman–Crippen MR) is 83.5 cm³/mol. The van der Waals surface area contributed by atoms with Crippen LogP contribution in [-0.4, -0.2) is 16.6 Å². The molecule has 0 unspecified atom stereocenters. The fourth-order valence-corrected chi connectivity index (χ4v) is 2.15. The number of nitrogens with one attached hydrogen (secondary N) is 1. The Morgan fingerprint density at radius 2 is 1.90 bits per heavy atom. The Balaban J connectivity index is 2.17. The molecule has 0 saturated heterocycles. The second-order valence-electron chi connectivity index (χ2n) is 4.53. The number of ether oxygens (including phenoxy) is 1. The van der Waals surface area contributed by atoms with Gasteiger partial charge in [-0.15, -0.1) is 0 Å². The van der Waals surface area contributed by atoms with Crippen molar-refractivity contribution in [2.75, 3.05) is 6.61 Å². The minimum absolute atomic E-state index is 0.158. The molecule has 0 radical (unpaired) electrons. The van der Waals surface area contributed by atoms with Crippen LogP contribution in [0.4, 0.5) is 0 Å². The van der Waals surface area contributed by atoms with Crippen LogP contribution >= 0.6 is 0 Å². The molecule has 0 saturated carbocycles. The molecular formula is C17H14N2O2. The Bertz CT molecular complexity index is 853. The molecule has 21 heavy (non-hydrogen) atoms. The van der Waals surface area contributed by atoms with E-state index in [4.69, 9.17) is 4.74 Å². The summed E-state index contributed by atoms with van der Waals surface area (Å²) in [5.41, 5.74) is 1.26. The molecule has 1 aromatic heterocycles. The average Bonchev–Trinajstić information content (AvgIpc) is 2.53. The Morgan fingerprint density at radius 1 is 1.14 bits per heavy atom. The van der Waals surface area contributed by atoms with Gasteiger partial charge in [0.05, 0.1) is 16.5 Å². The van der Waals surface area contributed by atoms with Gasteiger partial charge in [0.15, 0.2) is 0 Å². The molecule has 104 valence electrons. The van der Waals surface area contributed by atoms with Gasteiger partial charge in [0.25, 0.3) is 5.56 Å². The molecule has 0 aliphatic heterocycles. The van der Waals surface area contributed by atoms with Gasteiger partial charge in [-0.3, -0.25) is 4.79 Å². The van der Waals surface area contributed by atoms with E-state index in [1.165, 1.54) is 0 Å². The Kier molecular flexibility index (Phi) is 3.51. The standard InChI is InChI=1S/C17H14N2O2/c1-2-11-21-15-10-6-4-8-13(15)16-18-14-9-5-3-7-12(14)17(20)19-16/h2-10H,1,11H2,(H,18,19,20). The monoisotopic (exact) mass is 278 g/mol. The molecule has 4 nitrogen and oxygen atoms in total. The van der Waals surface area contributed by atoms with E-state index in [0.29, 0.717) is 29.1 Å². The summed E-state index contributed by atoms with van der Waals surface area (Å²) in [7, 11) is 0. The van der Waals surface area contributed by atoms with E-state index in [2.05, 4.69) is 16.5 Å². The number of benzene rings is 2. The molecule has 0 atom stereocenters. The fraction of sp³-hybridized carbons (Fsp3) is 0.0588. The summed E-state index contributed by atoms with van der Waals surface area (Å²) >= 11 is 0. The average molecular weight is 278 g/mol. The van der Waals surface area contributed by atoms with Crippen LogP contribution in [0.3, 0.4) is 0 Å². The zero-order valence-electron chi connectivity index (χ0n) is 11.4. The van der Waals surface area contributed by atoms with Crippen molar-refractivity contribution in [3.8, 4) is 17.1 Å². The first-order chi connectivity index (χ1) is 10.3. The van der Waals surface area contributed by atoms with Gasteiger partial charge in [0, 0.05) is 0 Å². The Labute approximate surface area is 121 Å². The van der Waals surface area contributed by atoms with Crippen LogP contribution in [0.1, 0.15) is 0 Å². The molecule has 1 N–H and O–H groups in total. The maximum absolute atomic E-state index is 12.1. The highest BCUT2D eigenvalue weighted by atomic mass is 16.5. The highest BCUT2D eigenvalue weighted by Gasteiger charge is 2.10. The van der Waals surface area contributed by atoms with Gasteiger partial charge in [0.1, 0.15) is 18.2 Å². The van der Waals surface area contributed by atoms with E-state index >= 15 is 0 Å². The molecule has 3 aromatic rings. The minimum atomic E-state index is -0.158. The summed E-state index contributed by atoms with van der Waals surface area (Å²) in [6.07, 6.45) is 1.67. The van der Waals surface area contributed by atoms with Crippen molar-refractivity contribution in [3.05, 3.63) is 71.5 Å². The number of hydrogen-bond donors (Lipinski definition) is 1. The lowest BCUT2D eigenvalue weighted by atomic mass is 10.1. The fourth-order valence-electron chi connectivity index (χ4n) is 2.15. The topological polar surface area (TPSA) is 55.0 Å². The largest absolute Gasteiger partial charge is 0.489 e. The zero-order chi connectivity index (χ0) is 14.7. The van der Waals surface area contributed by atoms with Crippen LogP contribution in [0.15, 0.2) is 66.0 Å². The van der Waals surface area contributed by atoms with Crippen LogP contribution in [-0.2, 0) is 0 Å². The molecule has 0 spiro atoms. The normalized spacial score (nSPS) is 10.5. The van der Waals surface area contributed by atoms with Crippen molar-refractivity contribution in [1.29, 1.82) is 0 Å². The van der Waals surface area contributed by atoms with E-state index in [1.807, 2.05) is 42.5 Å². The maximum atomic E-state index is 12.1. The quantitative estimate of drug-likeness (QED) is 0.746. The highest BCUT2D eigenvalue weighted by molar-refractivity contribution is 5.80. The van der Waals surface area contributed by atoms with Gasteiger partial charge in [-0.05, 0) is 24.3 Å². The van der Waals surface area contributed by atoms with Crippen molar-refractivity contribution in [2.45, 2.75) is 0 Å². The minimum Gasteiger partial charge on any atom is -0.489 e. The van der Waals surface area contributed by atoms with E-state index in [-0.39, 0.29) is 5.56 Å². The molecule has 0 bridgehead atoms. The number of rotatable bonds is 4. The van der Waals surface area contributed by atoms with Gasteiger partial charge in [-0.25, -0.2) is 4.98 Å². The number of nitrogens with zero attached hydrogens (tertiary/aromatic N) is 1. The number of aromatic nitrogens is 2. The van der Waals surface area contributed by atoms with Crippen LogP contribution in [0.2, 0.25) is 0 Å². The van der Waals surface area contributed by atoms with Crippen LogP contribution < -0.4 is 10.3 Å². The molecule has 1 heterocycles. The third-order valence-corrected chi connectivity index (χ3v) is 3.11. The zero-order valence-corrected chi connectivity index (χ0v) is 11.4. The van der Waals surface area contributed by atoms with Gasteiger partial charge in [-0.1, -0.05) is 36.9 Å². The highest BCUT2D eigenvalue weighted by Crippen LogP contribution is 2.27. The summed E-state index contributed by atoms with van der Waals surface area (Å²) in [5.74, 6) is 1.16. The molecule has 0 amide bonds. The second-order valence-corrected chi connectivity index (χ2v) is 4.53. The first-order valence-electron chi connectivity index (χ1n) is 6.62. The predicted octanol–water partition coefficient (Wildman–Crippen LogP) is 3.15. The van der Waals surface area contributed by atoms with E-state index < -0.39 is 0 Å². The number of aromatic amines is 1. The van der Waals surface area contributed by atoms with E-state index in [1.54, 1.807) is 12.1 Å². The van der Waals surface area contributed by atoms with Gasteiger partial charge in [-0.2, -0.15) is 0 Å². The lowest BCUT2D eigenvalue weighted by Crippen LogP contribution is -2.10. The number of H-pyrrole nitrogens is 1. The molecule has 0 aliphatic rings. The smallest absolute Gasteiger partial charge is 0.259 e. The first-order valence-corrected chi connectivity index (χ1v) is 6.62. The van der Waals surface area contributed by atoms with Crippen molar-refractivity contribution >= 4 is 10.9 Å². The third-order valence-electron chi connectivity index (χ3n) is 3.11. The lowest BCUT2D eigenvalue weighted by molar-refractivity contribution is 0.364. The summed E-state index contributed by atoms with van der Waals surface area (Å²) in [6.45, 7) is 4.03. The maximum Gasteiger partial charge on any atom is 0.259 e. The first kappa shape index (κ1) is 13.1. The molecule has 3 rings (SSSR count). The van der Waals surface area contributed by atoms with Gasteiger partial charge in [0.2, 0.25) is 0 Å². The molecule has 0 aliphatic carbocycles. The van der Waals surface area contributed by atoms with Crippen molar-refractivity contribution < 1.29 is 4.74 Å². The third kappa shape index (κ3) is 2.56. The molecular weight excluding hydrogens is 264 g/mol. The van der Waals surface area contributed by atoms with E-state index in [9.17, 15) is 4.79 Å². The number of hydrogen-bond acceptors (Lipinski definition) is 3. The van der Waals surface area contributed by atoms with Gasteiger partial charge >= 0.3 is 0 Å². The molecule has 4 heteroatoms. The summed E-state index contributed by atoms with van der Waals surface area (Å²) in [4.78, 5) is 19.5. The van der Waals surface area contributed by atoms with Crippen molar-refractivity contribution in [1.82, 2.24) is 9.97 Å². The second kappa shape index (κ2) is 5.63. The Hall–Kier alpha value is -2.88. The number of para-hydroxylation sites is 2. The van der Waals surface area contributed by atoms with Crippen LogP contribution in [0.25, 0.3) is 22.3 Å². The summed E-state index contributed by atoms with van der Waals surface area (Å²) in [6, 6.07) is 14.7. The van der Waals surface area contributed by atoms with Crippen molar-refractivity contribution in [3.63, 3.8) is 0 Å². The molecule has 2 aromatic carbocycles. The van der Waals surface area contributed by atoms with Crippen LogP contribution in [0, 0.1) is 0 Å². The van der Waals surface area contributed by atoms with Crippen molar-refractivity contribution in [2.24, 2.45) is 0 Å². The SMILES string of the molecule is C=CCOc1ccccc1-c1nc2ccccc2c(=O)[nH]1. The summed E-state index contributed by atoms with van der Waals surface area (Å²) < 4.78 is 5.61. The number of fused-ring (bicyclic) bond motifs is 1. The van der Waals surface area contributed by atoms with Crippen LogP contribution in [0.5, 0.6) is 5.75 Å².